The van der Waals surface area contributed by atoms with E-state index in [1.165, 1.54) is 56.3 Å². The molecular formula is C26H35NO. The van der Waals surface area contributed by atoms with Crippen LogP contribution >= 0.6 is 0 Å². The third-order valence-corrected chi connectivity index (χ3v) is 6.18. The van der Waals surface area contributed by atoms with E-state index in [1.54, 1.807) is 0 Å². The largest absolute Gasteiger partial charge is 0.300 e. The van der Waals surface area contributed by atoms with E-state index in [0.29, 0.717) is 6.42 Å². The van der Waals surface area contributed by atoms with Crippen LogP contribution in [0.5, 0.6) is 0 Å². The first kappa shape index (κ1) is 20.8. The molecule has 3 rings (SSSR count). The molecule has 0 aromatic heterocycles. The molecule has 2 heteroatoms. The second kappa shape index (κ2) is 11.2. The first-order valence-electron chi connectivity index (χ1n) is 11.2. The molecule has 2 nitrogen and oxygen atoms in total. The molecule has 1 atom stereocenters. The smallest absolute Gasteiger partial charge is 0.162 e. The van der Waals surface area contributed by atoms with Gasteiger partial charge in [0.1, 0.15) is 0 Å². The molecule has 0 spiro atoms. The summed E-state index contributed by atoms with van der Waals surface area (Å²) in [5, 5.41) is 0. The molecule has 150 valence electrons. The van der Waals surface area contributed by atoms with E-state index in [4.69, 9.17) is 0 Å². The van der Waals surface area contributed by atoms with E-state index in [2.05, 4.69) is 36.1 Å². The van der Waals surface area contributed by atoms with Crippen LogP contribution in [-0.2, 0) is 12.8 Å². The number of carbonyl (C=O) groups is 1. The van der Waals surface area contributed by atoms with Crippen LogP contribution in [0, 0.1) is 0 Å². The summed E-state index contributed by atoms with van der Waals surface area (Å²) >= 11 is 0. The van der Waals surface area contributed by atoms with Crippen LogP contribution in [0.25, 0.3) is 0 Å². The standard InChI is InChI=1S/C26H35NO/c1-2-25-18-8-9-20-27(25)21-11-17-23-13-7-6-12-22(23)16-10-19-26(28)24-14-4-3-5-15-24/h3-7,12-15,25H,2,8-11,16-21H2,1H3. The number of carbonyl (C=O) groups excluding carboxylic acids is 1. The van der Waals surface area contributed by atoms with Crippen molar-refractivity contribution in [2.24, 2.45) is 0 Å². The zero-order valence-electron chi connectivity index (χ0n) is 17.4. The summed E-state index contributed by atoms with van der Waals surface area (Å²) in [6, 6.07) is 19.3. The van der Waals surface area contributed by atoms with Crippen LogP contribution in [0.15, 0.2) is 54.6 Å². The fraction of sp³-hybridized carbons (Fsp3) is 0.500. The number of nitrogens with zero attached hydrogens (tertiary/aromatic N) is 1. The van der Waals surface area contributed by atoms with Gasteiger partial charge < -0.3 is 4.90 Å². The van der Waals surface area contributed by atoms with Gasteiger partial charge in [-0.15, -0.1) is 0 Å². The highest BCUT2D eigenvalue weighted by Gasteiger charge is 2.20. The molecule has 0 aliphatic carbocycles. The quantitative estimate of drug-likeness (QED) is 0.467. The summed E-state index contributed by atoms with van der Waals surface area (Å²) in [7, 11) is 0. The van der Waals surface area contributed by atoms with Crippen molar-refractivity contribution in [1.29, 1.82) is 0 Å². The molecule has 28 heavy (non-hydrogen) atoms. The van der Waals surface area contributed by atoms with Gasteiger partial charge in [-0.3, -0.25) is 4.79 Å². The van der Waals surface area contributed by atoms with Crippen LogP contribution < -0.4 is 0 Å². The van der Waals surface area contributed by atoms with Crippen molar-refractivity contribution in [1.82, 2.24) is 4.90 Å². The number of hydrogen-bond donors (Lipinski definition) is 0. The Morgan fingerprint density at radius 2 is 1.61 bits per heavy atom. The molecule has 2 aromatic carbocycles. The normalized spacial score (nSPS) is 17.5. The van der Waals surface area contributed by atoms with Crippen LogP contribution in [0.4, 0.5) is 0 Å². The summed E-state index contributed by atoms with van der Waals surface area (Å²) in [5.41, 5.74) is 3.73. The lowest BCUT2D eigenvalue weighted by Gasteiger charge is -2.35. The molecule has 0 amide bonds. The van der Waals surface area contributed by atoms with Crippen LogP contribution in [0.2, 0.25) is 0 Å². The number of benzene rings is 2. The minimum absolute atomic E-state index is 0.258. The second-order valence-electron chi connectivity index (χ2n) is 8.11. The van der Waals surface area contributed by atoms with Gasteiger partial charge in [0.25, 0.3) is 0 Å². The van der Waals surface area contributed by atoms with E-state index < -0.39 is 0 Å². The molecule has 2 aromatic rings. The molecule has 1 saturated heterocycles. The highest BCUT2D eigenvalue weighted by molar-refractivity contribution is 5.95. The van der Waals surface area contributed by atoms with Gasteiger partial charge in [0.2, 0.25) is 0 Å². The molecule has 1 unspecified atom stereocenters. The van der Waals surface area contributed by atoms with Gasteiger partial charge in [0, 0.05) is 18.0 Å². The Hall–Kier alpha value is -1.93. The predicted octanol–water partition coefficient (Wildman–Crippen LogP) is 6.09. The molecule has 0 bridgehead atoms. The lowest BCUT2D eigenvalue weighted by Crippen LogP contribution is -2.39. The summed E-state index contributed by atoms with van der Waals surface area (Å²) in [6.07, 6.45) is 10.4. The topological polar surface area (TPSA) is 20.3 Å². The lowest BCUT2D eigenvalue weighted by atomic mass is 9.96. The number of Topliss-reactive ketones (excluding diaryl/α,β-unsaturated/α-hetero) is 1. The molecule has 0 saturated carbocycles. The Morgan fingerprint density at radius 1 is 0.929 bits per heavy atom. The number of likely N-dealkylation sites (tertiary alicyclic amines) is 1. The highest BCUT2D eigenvalue weighted by atomic mass is 16.1. The molecule has 0 radical (unpaired) electrons. The van der Waals surface area contributed by atoms with Crippen molar-refractivity contribution in [3.8, 4) is 0 Å². The number of ketones is 1. The highest BCUT2D eigenvalue weighted by Crippen LogP contribution is 2.21. The van der Waals surface area contributed by atoms with Gasteiger partial charge in [-0.1, -0.05) is 67.9 Å². The fourth-order valence-corrected chi connectivity index (χ4v) is 4.54. The number of piperidine rings is 1. The van der Waals surface area contributed by atoms with E-state index in [0.717, 1.165) is 30.9 Å². The number of hydrogen-bond acceptors (Lipinski definition) is 2. The van der Waals surface area contributed by atoms with Gasteiger partial charge in [0.05, 0.1) is 0 Å². The number of rotatable bonds is 10. The monoisotopic (exact) mass is 377 g/mol. The Morgan fingerprint density at radius 3 is 2.32 bits per heavy atom. The van der Waals surface area contributed by atoms with Crippen molar-refractivity contribution in [2.45, 2.75) is 70.8 Å². The van der Waals surface area contributed by atoms with Gasteiger partial charge in [-0.2, -0.15) is 0 Å². The van der Waals surface area contributed by atoms with Crippen molar-refractivity contribution in [3.05, 3.63) is 71.3 Å². The first-order valence-corrected chi connectivity index (χ1v) is 11.2. The van der Waals surface area contributed by atoms with E-state index in [-0.39, 0.29) is 5.78 Å². The summed E-state index contributed by atoms with van der Waals surface area (Å²) < 4.78 is 0. The average Bonchev–Trinajstić information content (AvgIpc) is 2.75. The summed E-state index contributed by atoms with van der Waals surface area (Å²) in [4.78, 5) is 15.0. The summed E-state index contributed by atoms with van der Waals surface area (Å²) in [6.45, 7) is 4.83. The molecule has 1 aliphatic rings. The van der Waals surface area contributed by atoms with E-state index in [1.807, 2.05) is 30.3 Å². The van der Waals surface area contributed by atoms with Crippen LogP contribution in [0.1, 0.15) is 73.4 Å². The zero-order valence-corrected chi connectivity index (χ0v) is 17.4. The predicted molar refractivity (Wildman–Crippen MR) is 118 cm³/mol. The maximum Gasteiger partial charge on any atom is 0.162 e. The minimum Gasteiger partial charge on any atom is -0.300 e. The van der Waals surface area contributed by atoms with Crippen molar-refractivity contribution in [3.63, 3.8) is 0 Å². The maximum atomic E-state index is 12.3. The molecule has 1 heterocycles. The minimum atomic E-state index is 0.258. The molecule has 1 aliphatic heterocycles. The Kier molecular flexibility index (Phi) is 8.29. The van der Waals surface area contributed by atoms with Crippen molar-refractivity contribution < 1.29 is 4.79 Å². The third kappa shape index (κ3) is 6.04. The van der Waals surface area contributed by atoms with Crippen LogP contribution in [-0.4, -0.2) is 29.8 Å². The van der Waals surface area contributed by atoms with E-state index >= 15 is 0 Å². The maximum absolute atomic E-state index is 12.3. The van der Waals surface area contributed by atoms with Crippen molar-refractivity contribution in [2.75, 3.05) is 13.1 Å². The van der Waals surface area contributed by atoms with Crippen LogP contribution in [0.3, 0.4) is 0 Å². The Labute approximate surface area is 171 Å². The molecule has 1 fully saturated rings. The molecule has 0 N–H and O–H groups in total. The third-order valence-electron chi connectivity index (χ3n) is 6.18. The Balaban J connectivity index is 1.47. The zero-order chi connectivity index (χ0) is 19.6. The van der Waals surface area contributed by atoms with Gasteiger partial charge in [-0.05, 0) is 69.2 Å². The van der Waals surface area contributed by atoms with Gasteiger partial charge >= 0.3 is 0 Å². The average molecular weight is 378 g/mol. The van der Waals surface area contributed by atoms with Gasteiger partial charge in [0.15, 0.2) is 5.78 Å². The summed E-state index contributed by atoms with van der Waals surface area (Å²) in [5.74, 6) is 0.258. The SMILES string of the molecule is CCC1CCCCN1CCCc1ccccc1CCCC(=O)c1ccccc1. The molecular weight excluding hydrogens is 342 g/mol. The van der Waals surface area contributed by atoms with Gasteiger partial charge in [-0.25, -0.2) is 0 Å². The Bertz CT molecular complexity index is 724. The fourth-order valence-electron chi connectivity index (χ4n) is 4.54. The lowest BCUT2D eigenvalue weighted by molar-refractivity contribution is 0.0980. The van der Waals surface area contributed by atoms with Crippen molar-refractivity contribution >= 4 is 5.78 Å². The number of aryl methyl sites for hydroxylation is 2. The first-order chi connectivity index (χ1) is 13.8. The van der Waals surface area contributed by atoms with E-state index in [9.17, 15) is 4.79 Å². The second-order valence-corrected chi connectivity index (χ2v) is 8.11.